The van der Waals surface area contributed by atoms with Crippen molar-refractivity contribution in [2.45, 2.75) is 6.42 Å². The van der Waals surface area contributed by atoms with Crippen molar-refractivity contribution in [1.82, 2.24) is 0 Å². The van der Waals surface area contributed by atoms with Crippen LogP contribution in [-0.2, 0) is 9.59 Å². The van der Waals surface area contributed by atoms with Gasteiger partial charge < -0.3 is 15.2 Å². The summed E-state index contributed by atoms with van der Waals surface area (Å²) in [6.45, 7) is 0. The van der Waals surface area contributed by atoms with Gasteiger partial charge in [0, 0.05) is 10.7 Å². The molecule has 0 aliphatic rings. The van der Waals surface area contributed by atoms with E-state index in [1.54, 1.807) is 18.2 Å². The molecule has 0 fully saturated rings. The highest BCUT2D eigenvalue weighted by atomic mass is 35.5. The van der Waals surface area contributed by atoms with E-state index in [9.17, 15) is 14.7 Å². The lowest BCUT2D eigenvalue weighted by Crippen LogP contribution is -2.28. The van der Waals surface area contributed by atoms with Gasteiger partial charge in [-0.05, 0) is 18.2 Å². The molecule has 74 valence electrons. The van der Waals surface area contributed by atoms with Gasteiger partial charge in [0.15, 0.2) is 0 Å². The number of carboxylic acid groups (broad SMARTS) is 1. The molecule has 5 heteroatoms. The summed E-state index contributed by atoms with van der Waals surface area (Å²) in [7, 11) is 0. The molecule has 1 amide bonds. The highest BCUT2D eigenvalue weighted by Gasteiger charge is 2.02. The second kappa shape index (κ2) is 4.62. The Morgan fingerprint density at radius 2 is 2.14 bits per heavy atom. The summed E-state index contributed by atoms with van der Waals surface area (Å²) >= 11 is 5.65. The van der Waals surface area contributed by atoms with Crippen LogP contribution in [0.1, 0.15) is 6.42 Å². The van der Waals surface area contributed by atoms with Crippen molar-refractivity contribution in [2.24, 2.45) is 0 Å². The normalized spacial score (nSPS) is 9.50. The number of benzene rings is 1. The standard InChI is InChI=1S/C9H8ClNO3/c10-6-2-1-3-7(4-6)11-8(12)5-9(13)14/h1-4H,5H2,(H,11,12)(H,13,14)/p-1. The van der Waals surface area contributed by atoms with E-state index in [2.05, 4.69) is 5.32 Å². The van der Waals surface area contributed by atoms with Crippen LogP contribution in [0.4, 0.5) is 5.69 Å². The molecule has 1 N–H and O–H groups in total. The van der Waals surface area contributed by atoms with Gasteiger partial charge in [-0.2, -0.15) is 0 Å². The minimum Gasteiger partial charge on any atom is -0.550 e. The molecule has 1 rings (SSSR count). The third kappa shape index (κ3) is 3.45. The van der Waals surface area contributed by atoms with Crippen LogP contribution in [-0.4, -0.2) is 11.9 Å². The first-order valence-corrected chi connectivity index (χ1v) is 4.21. The number of hydrogen-bond acceptors (Lipinski definition) is 3. The summed E-state index contributed by atoms with van der Waals surface area (Å²) in [4.78, 5) is 21.0. The molecule has 0 spiro atoms. The SMILES string of the molecule is O=C([O-])CC(=O)Nc1cccc(Cl)c1. The second-order valence-corrected chi connectivity index (χ2v) is 3.04. The zero-order valence-corrected chi connectivity index (χ0v) is 7.88. The van der Waals surface area contributed by atoms with Gasteiger partial charge in [-0.25, -0.2) is 0 Å². The number of nitrogens with one attached hydrogen (secondary N) is 1. The van der Waals surface area contributed by atoms with Crippen molar-refractivity contribution in [1.29, 1.82) is 0 Å². The predicted octanol–water partition coefficient (Wildman–Crippen LogP) is 0.418. The molecule has 0 atom stereocenters. The van der Waals surface area contributed by atoms with Gasteiger partial charge >= 0.3 is 0 Å². The van der Waals surface area contributed by atoms with Crippen molar-refractivity contribution in [3.05, 3.63) is 29.3 Å². The topological polar surface area (TPSA) is 69.2 Å². The van der Waals surface area contributed by atoms with Gasteiger partial charge in [0.25, 0.3) is 0 Å². The first-order valence-electron chi connectivity index (χ1n) is 3.83. The average molecular weight is 213 g/mol. The van der Waals surface area contributed by atoms with E-state index in [4.69, 9.17) is 11.6 Å². The Kier molecular flexibility index (Phi) is 3.48. The van der Waals surface area contributed by atoms with Crippen LogP contribution >= 0.6 is 11.6 Å². The van der Waals surface area contributed by atoms with E-state index in [0.29, 0.717) is 10.7 Å². The molecule has 0 aliphatic carbocycles. The number of anilines is 1. The fraction of sp³-hybridized carbons (Fsp3) is 0.111. The van der Waals surface area contributed by atoms with Gasteiger partial charge in [-0.1, -0.05) is 17.7 Å². The van der Waals surface area contributed by atoms with E-state index in [1.165, 1.54) is 6.07 Å². The lowest BCUT2D eigenvalue weighted by atomic mass is 10.3. The van der Waals surface area contributed by atoms with E-state index in [-0.39, 0.29) is 0 Å². The zero-order valence-electron chi connectivity index (χ0n) is 7.12. The van der Waals surface area contributed by atoms with Crippen LogP contribution in [0.15, 0.2) is 24.3 Å². The number of rotatable bonds is 3. The summed E-state index contributed by atoms with van der Waals surface area (Å²) in [5.41, 5.74) is 0.462. The summed E-state index contributed by atoms with van der Waals surface area (Å²) in [6, 6.07) is 6.43. The molecule has 0 saturated heterocycles. The Balaban J connectivity index is 2.60. The second-order valence-electron chi connectivity index (χ2n) is 2.61. The van der Waals surface area contributed by atoms with Gasteiger partial charge in [0.05, 0.1) is 12.4 Å². The molecule has 0 saturated carbocycles. The average Bonchev–Trinajstić information content (AvgIpc) is 2.01. The van der Waals surface area contributed by atoms with E-state index in [1.807, 2.05) is 0 Å². The number of aliphatic carboxylic acids is 1. The van der Waals surface area contributed by atoms with Crippen molar-refractivity contribution in [2.75, 3.05) is 5.32 Å². The fourth-order valence-electron chi connectivity index (χ4n) is 0.903. The molecule has 0 aromatic heterocycles. The molecule has 0 bridgehead atoms. The van der Waals surface area contributed by atoms with Crippen LogP contribution in [0.25, 0.3) is 0 Å². The lowest BCUT2D eigenvalue weighted by Gasteiger charge is -2.05. The number of carbonyl (C=O) groups is 2. The fourth-order valence-corrected chi connectivity index (χ4v) is 1.09. The van der Waals surface area contributed by atoms with E-state index in [0.717, 1.165) is 0 Å². The number of amides is 1. The maximum absolute atomic E-state index is 11.0. The highest BCUT2D eigenvalue weighted by molar-refractivity contribution is 6.30. The predicted molar refractivity (Wildman–Crippen MR) is 49.7 cm³/mol. The molecule has 0 unspecified atom stereocenters. The summed E-state index contributed by atoms with van der Waals surface area (Å²) in [6.07, 6.45) is -0.660. The van der Waals surface area contributed by atoms with E-state index >= 15 is 0 Å². The smallest absolute Gasteiger partial charge is 0.230 e. The minimum atomic E-state index is -1.41. The van der Waals surface area contributed by atoms with Crippen molar-refractivity contribution in [3.8, 4) is 0 Å². The molecule has 1 aromatic carbocycles. The Morgan fingerprint density at radius 1 is 1.43 bits per heavy atom. The molecule has 14 heavy (non-hydrogen) atoms. The van der Waals surface area contributed by atoms with Crippen LogP contribution < -0.4 is 10.4 Å². The van der Waals surface area contributed by atoms with Crippen molar-refractivity contribution < 1.29 is 14.7 Å². The Bertz CT molecular complexity index is 365. The lowest BCUT2D eigenvalue weighted by molar-refractivity contribution is -0.304. The highest BCUT2D eigenvalue weighted by Crippen LogP contribution is 2.14. The van der Waals surface area contributed by atoms with Gasteiger partial charge in [0.2, 0.25) is 5.91 Å². The summed E-state index contributed by atoms with van der Waals surface area (Å²) in [5, 5.41) is 12.9. The molecule has 0 radical (unpaired) electrons. The number of carboxylic acids is 1. The minimum absolute atomic E-state index is 0.462. The Labute approximate surface area is 85.5 Å². The number of halogens is 1. The maximum atomic E-state index is 11.0. The summed E-state index contributed by atoms with van der Waals surface area (Å²) < 4.78 is 0. The molecule has 0 heterocycles. The maximum Gasteiger partial charge on any atom is 0.230 e. The Morgan fingerprint density at radius 3 is 2.71 bits per heavy atom. The third-order valence-electron chi connectivity index (χ3n) is 1.41. The Hall–Kier alpha value is -1.55. The molecular formula is C9H7ClNO3-. The monoisotopic (exact) mass is 212 g/mol. The zero-order chi connectivity index (χ0) is 10.6. The van der Waals surface area contributed by atoms with Gasteiger partial charge in [-0.3, -0.25) is 4.79 Å². The van der Waals surface area contributed by atoms with Gasteiger partial charge in [-0.15, -0.1) is 0 Å². The third-order valence-corrected chi connectivity index (χ3v) is 1.65. The van der Waals surface area contributed by atoms with Crippen LogP contribution in [0.5, 0.6) is 0 Å². The largest absolute Gasteiger partial charge is 0.550 e. The molecule has 1 aromatic rings. The van der Waals surface area contributed by atoms with E-state index < -0.39 is 18.3 Å². The van der Waals surface area contributed by atoms with Gasteiger partial charge in [0.1, 0.15) is 0 Å². The molecule has 0 aliphatic heterocycles. The number of hydrogen-bond donors (Lipinski definition) is 1. The summed E-state index contributed by atoms with van der Waals surface area (Å²) in [5.74, 6) is -2.04. The van der Waals surface area contributed by atoms with Crippen LogP contribution in [0, 0.1) is 0 Å². The first-order chi connectivity index (χ1) is 6.58. The van der Waals surface area contributed by atoms with Crippen LogP contribution in [0.3, 0.4) is 0 Å². The number of carbonyl (C=O) groups excluding carboxylic acids is 2. The molecular weight excluding hydrogens is 206 g/mol. The van der Waals surface area contributed by atoms with Crippen molar-refractivity contribution >= 4 is 29.2 Å². The first kappa shape index (κ1) is 10.5. The van der Waals surface area contributed by atoms with Crippen molar-refractivity contribution in [3.63, 3.8) is 0 Å². The quantitative estimate of drug-likeness (QED) is 0.739. The van der Waals surface area contributed by atoms with Crippen LogP contribution in [0.2, 0.25) is 5.02 Å². The molecule has 4 nitrogen and oxygen atoms in total.